The first kappa shape index (κ1) is 20.1. The standard InChI is InChI=1S/C21H17ClN4O3S/c1-2-29-21(28)15-5-3-4-14(19(15)27)16-11-18(20-23-25-26-24-20)30-17(16)10-12-6-8-13(22)9-7-12/h3-9,11,27H,2,10H2,1H3,(H,23,24,25,26). The van der Waals surface area contributed by atoms with Crippen LogP contribution in [0.5, 0.6) is 5.75 Å². The van der Waals surface area contributed by atoms with Crippen LogP contribution < -0.4 is 0 Å². The van der Waals surface area contributed by atoms with Crippen molar-refractivity contribution in [2.24, 2.45) is 0 Å². The van der Waals surface area contributed by atoms with Crippen LogP contribution in [0.3, 0.4) is 0 Å². The molecule has 0 fully saturated rings. The number of halogens is 1. The number of carbonyl (C=O) groups is 1. The second-order valence-electron chi connectivity index (χ2n) is 6.41. The summed E-state index contributed by atoms with van der Waals surface area (Å²) in [6.07, 6.45) is 0.609. The fourth-order valence-electron chi connectivity index (χ4n) is 3.09. The van der Waals surface area contributed by atoms with E-state index in [4.69, 9.17) is 16.3 Å². The molecule has 152 valence electrons. The number of hydrogen-bond donors (Lipinski definition) is 2. The number of aromatic hydroxyl groups is 1. The number of tetrazole rings is 1. The minimum atomic E-state index is -0.565. The molecule has 0 aliphatic carbocycles. The van der Waals surface area contributed by atoms with Gasteiger partial charge in [0.2, 0.25) is 5.82 Å². The minimum absolute atomic E-state index is 0.120. The first-order chi connectivity index (χ1) is 14.6. The highest BCUT2D eigenvalue weighted by molar-refractivity contribution is 7.16. The number of thiophene rings is 1. The summed E-state index contributed by atoms with van der Waals surface area (Å²) in [7, 11) is 0. The van der Waals surface area contributed by atoms with Gasteiger partial charge in [-0.1, -0.05) is 35.9 Å². The second kappa shape index (κ2) is 8.64. The van der Waals surface area contributed by atoms with E-state index in [9.17, 15) is 9.90 Å². The maximum absolute atomic E-state index is 12.2. The number of phenols is 1. The Bertz CT molecular complexity index is 1170. The summed E-state index contributed by atoms with van der Waals surface area (Å²) in [6.45, 7) is 1.95. The van der Waals surface area contributed by atoms with Crippen LogP contribution in [0, 0.1) is 0 Å². The molecule has 9 heteroatoms. The number of hydrogen-bond acceptors (Lipinski definition) is 7. The van der Waals surface area contributed by atoms with E-state index in [-0.39, 0.29) is 17.9 Å². The predicted molar refractivity (Wildman–Crippen MR) is 115 cm³/mol. The number of benzene rings is 2. The molecule has 30 heavy (non-hydrogen) atoms. The molecule has 0 aliphatic rings. The van der Waals surface area contributed by atoms with Crippen LogP contribution in [0.2, 0.25) is 5.02 Å². The van der Waals surface area contributed by atoms with Crippen molar-refractivity contribution in [2.45, 2.75) is 13.3 Å². The van der Waals surface area contributed by atoms with Crippen molar-refractivity contribution >= 4 is 28.9 Å². The molecule has 0 atom stereocenters. The molecule has 2 N–H and O–H groups in total. The lowest BCUT2D eigenvalue weighted by molar-refractivity contribution is 0.0523. The quantitative estimate of drug-likeness (QED) is 0.420. The van der Waals surface area contributed by atoms with Gasteiger partial charge in [0.15, 0.2) is 0 Å². The molecule has 0 unspecified atom stereocenters. The number of para-hydroxylation sites is 1. The van der Waals surface area contributed by atoms with Crippen molar-refractivity contribution < 1.29 is 14.6 Å². The van der Waals surface area contributed by atoms with Crippen molar-refractivity contribution in [1.29, 1.82) is 0 Å². The van der Waals surface area contributed by atoms with E-state index in [0.29, 0.717) is 22.8 Å². The third kappa shape index (κ3) is 4.05. The van der Waals surface area contributed by atoms with Crippen molar-refractivity contribution in [1.82, 2.24) is 20.6 Å². The van der Waals surface area contributed by atoms with E-state index in [0.717, 1.165) is 20.9 Å². The molecule has 2 aromatic heterocycles. The first-order valence-electron chi connectivity index (χ1n) is 9.17. The maximum atomic E-state index is 12.2. The highest BCUT2D eigenvalue weighted by Gasteiger charge is 2.21. The smallest absolute Gasteiger partial charge is 0.341 e. The summed E-state index contributed by atoms with van der Waals surface area (Å²) in [4.78, 5) is 14.0. The van der Waals surface area contributed by atoms with E-state index in [2.05, 4.69) is 20.6 Å². The van der Waals surface area contributed by atoms with Crippen LogP contribution in [-0.2, 0) is 11.2 Å². The summed E-state index contributed by atoms with van der Waals surface area (Å²) in [5.74, 6) is -0.222. The van der Waals surface area contributed by atoms with Gasteiger partial charge in [0.05, 0.1) is 11.5 Å². The summed E-state index contributed by atoms with van der Waals surface area (Å²) < 4.78 is 5.06. The Morgan fingerprint density at radius 2 is 2.00 bits per heavy atom. The molecule has 2 heterocycles. The molecule has 7 nitrogen and oxygen atoms in total. The van der Waals surface area contributed by atoms with Crippen LogP contribution in [0.1, 0.15) is 27.7 Å². The van der Waals surface area contributed by atoms with E-state index in [1.165, 1.54) is 11.3 Å². The monoisotopic (exact) mass is 440 g/mol. The van der Waals surface area contributed by atoms with Gasteiger partial charge < -0.3 is 9.84 Å². The molecule has 4 rings (SSSR count). The van der Waals surface area contributed by atoms with Gasteiger partial charge >= 0.3 is 5.97 Å². The molecular weight excluding hydrogens is 424 g/mol. The zero-order valence-electron chi connectivity index (χ0n) is 15.9. The number of carbonyl (C=O) groups excluding carboxylic acids is 1. The van der Waals surface area contributed by atoms with Gasteiger partial charge in [-0.05, 0) is 42.0 Å². The third-order valence-corrected chi connectivity index (χ3v) is 5.86. The van der Waals surface area contributed by atoms with Gasteiger partial charge in [0.25, 0.3) is 0 Å². The third-order valence-electron chi connectivity index (χ3n) is 4.47. The number of nitrogens with one attached hydrogen (secondary N) is 1. The number of rotatable bonds is 6. The zero-order valence-corrected chi connectivity index (χ0v) is 17.5. The SMILES string of the molecule is CCOC(=O)c1cccc(-c2cc(-c3nn[nH]n3)sc2Cc2ccc(Cl)cc2)c1O. The molecule has 0 spiro atoms. The van der Waals surface area contributed by atoms with Gasteiger partial charge in [-0.15, -0.1) is 21.5 Å². The van der Waals surface area contributed by atoms with Gasteiger partial charge in [-0.2, -0.15) is 5.21 Å². The van der Waals surface area contributed by atoms with E-state index >= 15 is 0 Å². The van der Waals surface area contributed by atoms with Gasteiger partial charge in [-0.25, -0.2) is 4.79 Å². The lowest BCUT2D eigenvalue weighted by atomic mass is 9.99. The van der Waals surface area contributed by atoms with E-state index < -0.39 is 5.97 Å². The predicted octanol–water partition coefficient (Wildman–Crippen LogP) is 4.72. The summed E-state index contributed by atoms with van der Waals surface area (Å²) in [6, 6.07) is 14.5. The van der Waals surface area contributed by atoms with Crippen LogP contribution in [-0.4, -0.2) is 38.3 Å². The van der Waals surface area contributed by atoms with Crippen molar-refractivity contribution in [2.75, 3.05) is 6.61 Å². The lowest BCUT2D eigenvalue weighted by Crippen LogP contribution is -2.05. The first-order valence-corrected chi connectivity index (χ1v) is 10.4. The normalized spacial score (nSPS) is 10.9. The number of ether oxygens (including phenoxy) is 1. The molecule has 0 saturated heterocycles. The Morgan fingerprint density at radius 3 is 2.70 bits per heavy atom. The zero-order chi connectivity index (χ0) is 21.1. The van der Waals surface area contributed by atoms with Gasteiger partial charge in [0, 0.05) is 27.4 Å². The molecule has 0 radical (unpaired) electrons. The average molecular weight is 441 g/mol. The second-order valence-corrected chi connectivity index (χ2v) is 7.98. The van der Waals surface area contributed by atoms with Crippen LogP contribution in [0.25, 0.3) is 21.8 Å². The van der Waals surface area contributed by atoms with Gasteiger partial charge in [-0.3, -0.25) is 0 Å². The Balaban J connectivity index is 1.81. The maximum Gasteiger partial charge on any atom is 0.341 e. The molecule has 4 aromatic rings. The highest BCUT2D eigenvalue weighted by Crippen LogP contribution is 2.41. The summed E-state index contributed by atoms with van der Waals surface area (Å²) in [5.41, 5.74) is 2.51. The molecule has 0 saturated carbocycles. The van der Waals surface area contributed by atoms with Crippen LogP contribution in [0.4, 0.5) is 0 Å². The van der Waals surface area contributed by atoms with Crippen LogP contribution >= 0.6 is 22.9 Å². The Morgan fingerprint density at radius 1 is 1.20 bits per heavy atom. The molecule has 2 aromatic carbocycles. The number of nitrogens with zero attached hydrogens (tertiary/aromatic N) is 3. The molecule has 0 aliphatic heterocycles. The summed E-state index contributed by atoms with van der Waals surface area (Å²) >= 11 is 7.50. The Kier molecular flexibility index (Phi) is 5.78. The Hall–Kier alpha value is -3.23. The number of H-pyrrole nitrogens is 1. The largest absolute Gasteiger partial charge is 0.506 e. The number of phenolic OH excluding ortho intramolecular Hbond substituents is 1. The van der Waals surface area contributed by atoms with Crippen molar-refractivity contribution in [3.63, 3.8) is 0 Å². The van der Waals surface area contributed by atoms with E-state index in [1.807, 2.05) is 30.3 Å². The lowest BCUT2D eigenvalue weighted by Gasteiger charge is -2.10. The Labute approximate surface area is 181 Å². The molecular formula is C21H17ClN4O3S. The molecule has 0 amide bonds. The number of esters is 1. The van der Waals surface area contributed by atoms with E-state index in [1.54, 1.807) is 25.1 Å². The fraction of sp³-hybridized carbons (Fsp3) is 0.143. The fourth-order valence-corrected chi connectivity index (χ4v) is 4.35. The number of aromatic nitrogens is 4. The van der Waals surface area contributed by atoms with Crippen LogP contribution in [0.15, 0.2) is 48.5 Å². The van der Waals surface area contributed by atoms with Gasteiger partial charge in [0.1, 0.15) is 11.3 Å². The number of aromatic amines is 1. The van der Waals surface area contributed by atoms with Crippen molar-refractivity contribution in [3.05, 3.63) is 69.6 Å². The minimum Gasteiger partial charge on any atom is -0.506 e. The molecule has 0 bridgehead atoms. The highest BCUT2D eigenvalue weighted by atomic mass is 35.5. The summed E-state index contributed by atoms with van der Waals surface area (Å²) in [5, 5.41) is 25.7. The average Bonchev–Trinajstić information content (AvgIpc) is 3.40. The van der Waals surface area contributed by atoms with Crippen molar-refractivity contribution in [3.8, 4) is 27.6 Å². The topological polar surface area (TPSA) is 101 Å².